The third-order valence-electron chi connectivity index (χ3n) is 4.47. The Morgan fingerprint density at radius 3 is 2.45 bits per heavy atom. The molecule has 0 aliphatic heterocycles. The first-order valence-corrected chi connectivity index (χ1v) is 8.93. The Hall–Kier alpha value is -3.94. The fourth-order valence-electron chi connectivity index (χ4n) is 2.95. The number of ether oxygens (including phenoxy) is 1. The van der Waals surface area contributed by atoms with Gasteiger partial charge in [-0.15, -0.1) is 4.73 Å². The molecule has 0 aliphatic rings. The monoisotopic (exact) mass is 390 g/mol. The van der Waals surface area contributed by atoms with E-state index in [9.17, 15) is 9.59 Å². The first-order chi connectivity index (χ1) is 14.2. The molecule has 0 amide bonds. The Labute approximate surface area is 165 Å². The second-order valence-corrected chi connectivity index (χ2v) is 6.34. The Morgan fingerprint density at radius 2 is 1.72 bits per heavy atom. The molecule has 4 aromatic rings. The maximum atomic E-state index is 13.1. The van der Waals surface area contributed by atoms with Gasteiger partial charge in [0.05, 0.1) is 13.7 Å². The lowest BCUT2D eigenvalue weighted by molar-refractivity contribution is 0.0914. The zero-order valence-electron chi connectivity index (χ0n) is 15.7. The van der Waals surface area contributed by atoms with Gasteiger partial charge in [-0.1, -0.05) is 42.5 Å². The molecule has 0 N–H and O–H groups in total. The molecule has 146 valence electrons. The van der Waals surface area contributed by atoms with E-state index < -0.39 is 11.2 Å². The van der Waals surface area contributed by atoms with E-state index in [2.05, 4.69) is 9.97 Å². The number of nitrogens with zero attached hydrogens (tertiary/aromatic N) is 4. The molecule has 0 bridgehead atoms. The maximum Gasteiger partial charge on any atom is 0.366 e. The quantitative estimate of drug-likeness (QED) is 0.497. The van der Waals surface area contributed by atoms with Crippen molar-refractivity contribution < 1.29 is 9.57 Å². The van der Waals surface area contributed by atoms with Crippen LogP contribution < -0.4 is 20.8 Å². The largest absolute Gasteiger partial charge is 0.497 e. The zero-order chi connectivity index (χ0) is 20.2. The summed E-state index contributed by atoms with van der Waals surface area (Å²) in [6, 6.07) is 16.6. The Kier molecular flexibility index (Phi) is 5.07. The number of hydrogen-bond donors (Lipinski definition) is 0. The molecule has 8 heteroatoms. The van der Waals surface area contributed by atoms with Gasteiger partial charge in [-0.3, -0.25) is 9.36 Å². The van der Waals surface area contributed by atoms with Gasteiger partial charge in [-0.2, -0.15) is 0 Å². The summed E-state index contributed by atoms with van der Waals surface area (Å²) in [5, 5.41) is 0.202. The highest BCUT2D eigenvalue weighted by atomic mass is 16.7. The second-order valence-electron chi connectivity index (χ2n) is 6.34. The van der Waals surface area contributed by atoms with Gasteiger partial charge >= 0.3 is 5.69 Å². The lowest BCUT2D eigenvalue weighted by Crippen LogP contribution is -2.43. The van der Waals surface area contributed by atoms with Crippen LogP contribution in [0.5, 0.6) is 5.75 Å². The molecule has 0 aliphatic carbocycles. The van der Waals surface area contributed by atoms with Crippen molar-refractivity contribution in [1.82, 2.24) is 19.3 Å². The van der Waals surface area contributed by atoms with Crippen molar-refractivity contribution in [2.75, 3.05) is 7.11 Å². The van der Waals surface area contributed by atoms with E-state index in [0.717, 1.165) is 20.4 Å². The van der Waals surface area contributed by atoms with Crippen molar-refractivity contribution >= 4 is 11.0 Å². The number of aromatic nitrogens is 4. The molecule has 0 atom stereocenters. The number of benzene rings is 2. The van der Waals surface area contributed by atoms with Crippen LogP contribution in [0.25, 0.3) is 11.0 Å². The van der Waals surface area contributed by atoms with Crippen LogP contribution in [0.2, 0.25) is 0 Å². The molecular formula is C21H18N4O4. The molecule has 8 nitrogen and oxygen atoms in total. The van der Waals surface area contributed by atoms with Crippen molar-refractivity contribution in [2.45, 2.75) is 13.2 Å². The smallest absolute Gasteiger partial charge is 0.366 e. The van der Waals surface area contributed by atoms with Crippen molar-refractivity contribution in [3.63, 3.8) is 0 Å². The average molecular weight is 390 g/mol. The molecule has 4 rings (SSSR count). The van der Waals surface area contributed by atoms with E-state index in [-0.39, 0.29) is 24.2 Å². The van der Waals surface area contributed by atoms with Gasteiger partial charge in [-0.05, 0) is 23.3 Å². The van der Waals surface area contributed by atoms with Crippen LogP contribution in [0.4, 0.5) is 0 Å². The van der Waals surface area contributed by atoms with Gasteiger partial charge in [-0.25, -0.2) is 14.8 Å². The highest BCUT2D eigenvalue weighted by Crippen LogP contribution is 2.12. The number of methoxy groups -OCH3 is 1. The van der Waals surface area contributed by atoms with E-state index in [0.29, 0.717) is 5.75 Å². The van der Waals surface area contributed by atoms with Crippen molar-refractivity contribution in [1.29, 1.82) is 0 Å². The van der Waals surface area contributed by atoms with E-state index in [1.54, 1.807) is 31.4 Å². The minimum atomic E-state index is -0.604. The molecule has 0 radical (unpaired) electrons. The van der Waals surface area contributed by atoms with E-state index in [1.165, 1.54) is 12.5 Å². The van der Waals surface area contributed by atoms with Crippen LogP contribution >= 0.6 is 0 Å². The van der Waals surface area contributed by atoms with Crippen molar-refractivity contribution in [3.05, 3.63) is 99.1 Å². The predicted octanol–water partition coefficient (Wildman–Crippen LogP) is 1.64. The Bertz CT molecular complexity index is 1250. The van der Waals surface area contributed by atoms with E-state index in [4.69, 9.17) is 9.57 Å². The lowest BCUT2D eigenvalue weighted by atomic mass is 10.2. The summed E-state index contributed by atoms with van der Waals surface area (Å²) < 4.78 is 7.31. The van der Waals surface area contributed by atoms with E-state index >= 15 is 0 Å². The minimum absolute atomic E-state index is 0.0845. The van der Waals surface area contributed by atoms with Gasteiger partial charge in [0.15, 0.2) is 5.65 Å². The molecule has 0 fully saturated rings. The molecule has 0 saturated carbocycles. The third-order valence-corrected chi connectivity index (χ3v) is 4.47. The molecule has 2 aromatic carbocycles. The molecule has 2 aromatic heterocycles. The Morgan fingerprint density at radius 1 is 0.966 bits per heavy atom. The topological polar surface area (TPSA) is 88.2 Å². The van der Waals surface area contributed by atoms with Crippen LogP contribution in [0.15, 0.2) is 76.7 Å². The Balaban J connectivity index is 1.77. The zero-order valence-corrected chi connectivity index (χ0v) is 15.7. The fourth-order valence-corrected chi connectivity index (χ4v) is 2.95. The summed E-state index contributed by atoms with van der Waals surface area (Å²) in [5.74, 6) is 0.691. The van der Waals surface area contributed by atoms with Crippen LogP contribution in [0, 0.1) is 0 Å². The van der Waals surface area contributed by atoms with E-state index in [1.807, 2.05) is 30.3 Å². The van der Waals surface area contributed by atoms with Gasteiger partial charge in [0.2, 0.25) is 0 Å². The SMILES string of the molecule is COc1ccc(Cn2c(=O)c3cncnc3n(OCc3ccccc3)c2=O)cc1. The van der Waals surface area contributed by atoms with Gasteiger partial charge in [0.25, 0.3) is 5.56 Å². The predicted molar refractivity (Wildman–Crippen MR) is 107 cm³/mol. The summed E-state index contributed by atoms with van der Waals surface area (Å²) in [7, 11) is 1.57. The number of hydrogen-bond acceptors (Lipinski definition) is 6. The highest BCUT2D eigenvalue weighted by Gasteiger charge is 2.16. The van der Waals surface area contributed by atoms with Gasteiger partial charge in [0.1, 0.15) is 24.1 Å². The molecule has 0 unspecified atom stereocenters. The fraction of sp³-hybridized carbons (Fsp3) is 0.143. The van der Waals surface area contributed by atoms with Crippen LogP contribution in [0.3, 0.4) is 0 Å². The normalized spacial score (nSPS) is 10.8. The average Bonchev–Trinajstić information content (AvgIpc) is 2.78. The van der Waals surface area contributed by atoms with Crippen LogP contribution in [0.1, 0.15) is 11.1 Å². The van der Waals surface area contributed by atoms with Gasteiger partial charge < -0.3 is 9.57 Å². The molecule has 0 spiro atoms. The first-order valence-electron chi connectivity index (χ1n) is 8.93. The van der Waals surface area contributed by atoms with Crippen molar-refractivity contribution in [3.8, 4) is 5.75 Å². The molecule has 2 heterocycles. The van der Waals surface area contributed by atoms with Crippen molar-refractivity contribution in [2.24, 2.45) is 0 Å². The summed E-state index contributed by atoms with van der Waals surface area (Å²) in [5.41, 5.74) is 0.719. The number of rotatable bonds is 6. The lowest BCUT2D eigenvalue weighted by Gasteiger charge is -2.14. The van der Waals surface area contributed by atoms with Gasteiger partial charge in [0, 0.05) is 6.20 Å². The maximum absolute atomic E-state index is 13.1. The minimum Gasteiger partial charge on any atom is -0.497 e. The van der Waals surface area contributed by atoms with Crippen LogP contribution in [-0.4, -0.2) is 26.4 Å². The van der Waals surface area contributed by atoms with Crippen LogP contribution in [-0.2, 0) is 13.2 Å². The molecular weight excluding hydrogens is 372 g/mol. The first kappa shape index (κ1) is 18.4. The molecule has 0 saturated heterocycles. The summed E-state index contributed by atoms with van der Waals surface area (Å²) in [4.78, 5) is 39.7. The third kappa shape index (κ3) is 3.73. The number of fused-ring (bicyclic) bond motifs is 1. The summed E-state index contributed by atoms with van der Waals surface area (Å²) in [6.45, 7) is 0.238. The summed E-state index contributed by atoms with van der Waals surface area (Å²) >= 11 is 0. The highest BCUT2D eigenvalue weighted by molar-refractivity contribution is 5.71. The second kappa shape index (κ2) is 7.97. The summed E-state index contributed by atoms with van der Waals surface area (Å²) in [6.07, 6.45) is 2.66. The standard InChI is InChI=1S/C21H18N4O4/c1-28-17-9-7-15(8-10-17)12-24-20(26)18-11-22-14-23-19(18)25(21(24)27)29-13-16-5-3-2-4-6-16/h2-11,14H,12-13H2,1H3. The molecule has 29 heavy (non-hydrogen) atoms.